The van der Waals surface area contributed by atoms with Gasteiger partial charge in [-0.05, 0) is 68.7 Å². The van der Waals surface area contributed by atoms with E-state index in [1.165, 1.54) is 43.4 Å². The summed E-state index contributed by atoms with van der Waals surface area (Å²) in [5.41, 5.74) is 1.62. The number of aryl methyl sites for hydroxylation is 1. The van der Waals surface area contributed by atoms with Gasteiger partial charge in [0.25, 0.3) is 10.0 Å². The van der Waals surface area contributed by atoms with Crippen LogP contribution in [0.15, 0.2) is 65.6 Å². The first-order chi connectivity index (χ1) is 20.9. The summed E-state index contributed by atoms with van der Waals surface area (Å²) in [7, 11) is -1.34. The van der Waals surface area contributed by atoms with Crippen molar-refractivity contribution < 1.29 is 27.5 Å². The normalized spacial score (nSPS) is 14.1. The highest BCUT2D eigenvalue weighted by Gasteiger charge is 2.34. The molecule has 1 N–H and O–H groups in total. The molecule has 4 rings (SSSR count). The Morgan fingerprint density at radius 1 is 0.955 bits per heavy atom. The summed E-state index contributed by atoms with van der Waals surface area (Å²) in [4.78, 5) is 29.0. The van der Waals surface area contributed by atoms with E-state index < -0.39 is 28.5 Å². The number of benzene rings is 3. The van der Waals surface area contributed by atoms with Crippen molar-refractivity contribution in [2.45, 2.75) is 63.1 Å². The zero-order valence-corrected chi connectivity index (χ0v) is 27.5. The fraction of sp³-hybridized carbons (Fsp3) is 0.375. The van der Waals surface area contributed by atoms with Crippen LogP contribution in [-0.4, -0.2) is 58.0 Å². The Bertz CT molecular complexity index is 1590. The summed E-state index contributed by atoms with van der Waals surface area (Å²) >= 11 is 12.6. The molecule has 0 heterocycles. The van der Waals surface area contributed by atoms with E-state index in [0.29, 0.717) is 21.4 Å². The van der Waals surface area contributed by atoms with E-state index >= 15 is 0 Å². The van der Waals surface area contributed by atoms with Crippen molar-refractivity contribution in [2.75, 3.05) is 25.1 Å². The molecule has 1 fully saturated rings. The number of carbonyl (C=O) groups is 2. The van der Waals surface area contributed by atoms with Gasteiger partial charge in [0, 0.05) is 28.7 Å². The van der Waals surface area contributed by atoms with Gasteiger partial charge < -0.3 is 19.7 Å². The molecule has 1 atom stereocenters. The highest BCUT2D eigenvalue weighted by molar-refractivity contribution is 7.92. The minimum Gasteiger partial charge on any atom is -0.493 e. The topological polar surface area (TPSA) is 105 Å². The van der Waals surface area contributed by atoms with E-state index in [1.54, 1.807) is 43.3 Å². The molecule has 0 radical (unpaired) electrons. The van der Waals surface area contributed by atoms with Gasteiger partial charge in [-0.25, -0.2) is 8.42 Å². The van der Waals surface area contributed by atoms with Gasteiger partial charge >= 0.3 is 0 Å². The van der Waals surface area contributed by atoms with E-state index in [0.717, 1.165) is 35.6 Å². The molecule has 0 unspecified atom stereocenters. The molecule has 0 bridgehead atoms. The van der Waals surface area contributed by atoms with Crippen LogP contribution in [0.3, 0.4) is 0 Å². The van der Waals surface area contributed by atoms with Crippen LogP contribution in [0.4, 0.5) is 5.69 Å². The quantitative estimate of drug-likeness (QED) is 0.256. The lowest BCUT2D eigenvalue weighted by Crippen LogP contribution is -2.52. The van der Waals surface area contributed by atoms with Gasteiger partial charge in [0.1, 0.15) is 12.6 Å². The molecule has 9 nitrogen and oxygen atoms in total. The zero-order valence-electron chi connectivity index (χ0n) is 25.2. The number of anilines is 1. The van der Waals surface area contributed by atoms with Crippen LogP contribution in [0.2, 0.25) is 10.0 Å². The summed E-state index contributed by atoms with van der Waals surface area (Å²) in [5.74, 6) is -0.243. The molecule has 44 heavy (non-hydrogen) atoms. The molecule has 1 saturated carbocycles. The van der Waals surface area contributed by atoms with E-state index in [4.69, 9.17) is 32.7 Å². The molecule has 12 heteroatoms. The largest absolute Gasteiger partial charge is 0.493 e. The number of carbonyl (C=O) groups excluding carboxylic acids is 2. The van der Waals surface area contributed by atoms with Gasteiger partial charge in [0.2, 0.25) is 11.8 Å². The Morgan fingerprint density at radius 2 is 1.61 bits per heavy atom. The standard InChI is InChI=1S/C32H37Cl2N3O6S/c1-21-9-14-27(15-10-21)44(40,41)37(26-13-16-29(42-3)30(18-26)43-4)20-31(38)36(19-23-11-12-24(33)17-28(23)34)22(2)32(39)35-25-7-5-6-8-25/h9-18,22,25H,5-8,19-20H2,1-4H3,(H,35,39)/t22-/m1/s1. The maximum atomic E-state index is 14.2. The molecular weight excluding hydrogens is 625 g/mol. The minimum atomic E-state index is -4.25. The van der Waals surface area contributed by atoms with Gasteiger partial charge in [0.15, 0.2) is 11.5 Å². The van der Waals surface area contributed by atoms with Gasteiger partial charge in [-0.1, -0.05) is 59.8 Å². The second-order valence-corrected chi connectivity index (χ2v) is 13.5. The molecule has 1 aliphatic rings. The molecule has 3 aromatic carbocycles. The van der Waals surface area contributed by atoms with Crippen LogP contribution in [0.1, 0.15) is 43.7 Å². The minimum absolute atomic E-state index is 0.00463. The van der Waals surface area contributed by atoms with Crippen molar-refractivity contribution in [1.29, 1.82) is 0 Å². The Balaban J connectivity index is 1.75. The average molecular weight is 663 g/mol. The first-order valence-electron chi connectivity index (χ1n) is 14.3. The predicted octanol–water partition coefficient (Wildman–Crippen LogP) is 5.99. The predicted molar refractivity (Wildman–Crippen MR) is 172 cm³/mol. The summed E-state index contributed by atoms with van der Waals surface area (Å²) in [5, 5.41) is 3.79. The summed E-state index contributed by atoms with van der Waals surface area (Å²) in [6, 6.07) is 15.0. The summed E-state index contributed by atoms with van der Waals surface area (Å²) < 4.78 is 40.0. The fourth-order valence-corrected chi connectivity index (χ4v) is 7.03. The smallest absolute Gasteiger partial charge is 0.264 e. The number of ether oxygens (including phenoxy) is 2. The van der Waals surface area contributed by atoms with Crippen molar-refractivity contribution >= 4 is 50.7 Å². The van der Waals surface area contributed by atoms with Crippen LogP contribution in [-0.2, 0) is 26.2 Å². The lowest BCUT2D eigenvalue weighted by molar-refractivity contribution is -0.139. The first-order valence-corrected chi connectivity index (χ1v) is 16.5. The Kier molecular flexibility index (Phi) is 11.0. The van der Waals surface area contributed by atoms with Crippen LogP contribution >= 0.6 is 23.2 Å². The number of hydrogen-bond acceptors (Lipinski definition) is 6. The SMILES string of the molecule is COc1ccc(N(CC(=O)N(Cc2ccc(Cl)cc2Cl)[C@H](C)C(=O)NC2CCCC2)S(=O)(=O)c2ccc(C)cc2)cc1OC. The van der Waals surface area contributed by atoms with E-state index in [-0.39, 0.29) is 34.8 Å². The molecule has 2 amide bonds. The van der Waals surface area contributed by atoms with Crippen molar-refractivity contribution in [3.63, 3.8) is 0 Å². The molecular formula is C32H37Cl2N3O6S. The molecule has 0 spiro atoms. The molecule has 0 aromatic heterocycles. The number of amides is 2. The highest BCUT2D eigenvalue weighted by Crippen LogP contribution is 2.34. The van der Waals surface area contributed by atoms with E-state index in [1.807, 2.05) is 6.92 Å². The van der Waals surface area contributed by atoms with Crippen molar-refractivity contribution in [3.05, 3.63) is 81.8 Å². The van der Waals surface area contributed by atoms with Gasteiger partial charge in [-0.15, -0.1) is 0 Å². The number of nitrogens with zero attached hydrogens (tertiary/aromatic N) is 2. The summed E-state index contributed by atoms with van der Waals surface area (Å²) in [6.07, 6.45) is 3.80. The molecule has 0 saturated heterocycles. The monoisotopic (exact) mass is 661 g/mol. The Morgan fingerprint density at radius 3 is 2.23 bits per heavy atom. The number of halogens is 2. The van der Waals surface area contributed by atoms with Crippen LogP contribution in [0.25, 0.3) is 0 Å². The average Bonchev–Trinajstić information content (AvgIpc) is 3.52. The molecule has 0 aliphatic heterocycles. The third-order valence-corrected chi connectivity index (χ3v) is 10.1. The van der Waals surface area contributed by atoms with Gasteiger partial charge in [0.05, 0.1) is 24.8 Å². The summed E-state index contributed by atoms with van der Waals surface area (Å²) in [6.45, 7) is 2.83. The molecule has 3 aromatic rings. The third kappa shape index (κ3) is 7.78. The van der Waals surface area contributed by atoms with Crippen LogP contribution in [0, 0.1) is 6.92 Å². The molecule has 236 valence electrons. The van der Waals surface area contributed by atoms with E-state index in [2.05, 4.69) is 5.32 Å². The number of hydrogen-bond donors (Lipinski definition) is 1. The van der Waals surface area contributed by atoms with E-state index in [9.17, 15) is 18.0 Å². The second-order valence-electron chi connectivity index (χ2n) is 10.8. The number of rotatable bonds is 12. The van der Waals surface area contributed by atoms with Crippen molar-refractivity contribution in [2.24, 2.45) is 0 Å². The van der Waals surface area contributed by atoms with Gasteiger partial charge in [-0.2, -0.15) is 0 Å². The van der Waals surface area contributed by atoms with Crippen molar-refractivity contribution in [1.82, 2.24) is 10.2 Å². The fourth-order valence-electron chi connectivity index (χ4n) is 5.15. The Hall–Kier alpha value is -3.47. The Labute approximate surface area is 269 Å². The maximum absolute atomic E-state index is 14.2. The lowest BCUT2D eigenvalue weighted by Gasteiger charge is -2.32. The number of methoxy groups -OCH3 is 2. The zero-order chi connectivity index (χ0) is 32.0. The van der Waals surface area contributed by atoms with Crippen LogP contribution in [0.5, 0.6) is 11.5 Å². The van der Waals surface area contributed by atoms with Crippen molar-refractivity contribution in [3.8, 4) is 11.5 Å². The first kappa shape index (κ1) is 33.4. The lowest BCUT2D eigenvalue weighted by atomic mass is 10.1. The number of sulfonamides is 1. The van der Waals surface area contributed by atoms with Gasteiger partial charge in [-0.3, -0.25) is 13.9 Å². The van der Waals surface area contributed by atoms with Crippen LogP contribution < -0.4 is 19.1 Å². The third-order valence-electron chi connectivity index (χ3n) is 7.77. The highest BCUT2D eigenvalue weighted by atomic mass is 35.5. The maximum Gasteiger partial charge on any atom is 0.264 e. The second kappa shape index (κ2) is 14.5. The molecule has 1 aliphatic carbocycles. The number of nitrogens with one attached hydrogen (secondary N) is 1.